The highest BCUT2D eigenvalue weighted by Crippen LogP contribution is 2.43. The van der Waals surface area contributed by atoms with E-state index in [4.69, 9.17) is 29.4 Å². The van der Waals surface area contributed by atoms with E-state index in [1.54, 1.807) is 0 Å². The number of carboxylic acids is 1. The first-order valence-electron chi connectivity index (χ1n) is 19.3. The highest BCUT2D eigenvalue weighted by Gasteiger charge is 2.28. The van der Waals surface area contributed by atoms with Crippen molar-refractivity contribution in [3.05, 3.63) is 120 Å². The first kappa shape index (κ1) is 39.2. The number of phosphoric acid groups is 1. The lowest BCUT2D eigenvalue weighted by Gasteiger charge is -2.20. The lowest BCUT2D eigenvalue weighted by Crippen LogP contribution is -2.34. The lowest BCUT2D eigenvalue weighted by atomic mass is 9.90. The van der Waals surface area contributed by atoms with Crippen LogP contribution >= 0.6 is 7.82 Å². The molecule has 0 amide bonds. The fraction of sp³-hybridized carbons (Fsp3) is 0.239. The zero-order valence-electron chi connectivity index (χ0n) is 31.6. The second-order valence-corrected chi connectivity index (χ2v) is 16.1. The molecule has 0 radical (unpaired) electrons. The van der Waals surface area contributed by atoms with E-state index in [9.17, 15) is 23.8 Å². The summed E-state index contributed by atoms with van der Waals surface area (Å²) in [6.07, 6.45) is 1.02. The van der Waals surface area contributed by atoms with E-state index in [-0.39, 0.29) is 12.8 Å². The summed E-state index contributed by atoms with van der Waals surface area (Å²) in [6.45, 7) is -1.89. The number of aliphatic carboxylic acids is 1. The Kier molecular flexibility index (Phi) is 11.2. The Morgan fingerprint density at radius 1 is 0.569 bits per heavy atom. The van der Waals surface area contributed by atoms with Gasteiger partial charge in [0.1, 0.15) is 12.6 Å². The van der Waals surface area contributed by atoms with Gasteiger partial charge in [0.2, 0.25) is 0 Å². The van der Waals surface area contributed by atoms with Crippen molar-refractivity contribution in [3.8, 4) is 0 Å². The zero-order valence-corrected chi connectivity index (χ0v) is 32.5. The van der Waals surface area contributed by atoms with Gasteiger partial charge < -0.3 is 25.2 Å². The maximum atomic E-state index is 13.1. The molecule has 12 heteroatoms. The highest BCUT2D eigenvalue weighted by atomic mass is 31.2. The van der Waals surface area contributed by atoms with Crippen LogP contribution < -0.4 is 5.73 Å². The molecule has 8 rings (SSSR count). The summed E-state index contributed by atoms with van der Waals surface area (Å²) in [5.41, 5.74) is 7.59. The molecule has 0 aliphatic heterocycles. The molecule has 1 unspecified atom stereocenters. The average Bonchev–Trinajstić information content (AvgIpc) is 3.22. The molecule has 0 saturated heterocycles. The molecule has 296 valence electrons. The number of hydrogen-bond acceptors (Lipinski definition) is 9. The average molecular weight is 800 g/mol. The topological polar surface area (TPSA) is 172 Å². The number of ether oxygens (including phenoxy) is 2. The van der Waals surface area contributed by atoms with Gasteiger partial charge in [0, 0.05) is 12.8 Å². The summed E-state index contributed by atoms with van der Waals surface area (Å²) in [4.78, 5) is 47.3. The monoisotopic (exact) mass is 799 g/mol. The standard InChI is InChI=1S/C46H42NO10P/c47-39(46(50)51)27-56-58(52,53)55-26-36(57-41(49)12-4-6-29-14-16-35-20-18-31-8-2-10-33-22-24-38(29)45(35)43(31)33)25-54-40(48)11-3-5-28-13-15-34-19-17-30-7-1-9-32-21-23-37(28)44(34)42(30)32/h1-2,7-10,13-24,36,39H,3-6,11-12,25-27,47H2,(H,50,51)(H,52,53)/t36-,39+/m1/s1. The fourth-order valence-corrected chi connectivity index (χ4v) is 8.73. The molecule has 58 heavy (non-hydrogen) atoms. The molecule has 4 N–H and O–H groups in total. The minimum atomic E-state index is -4.81. The van der Waals surface area contributed by atoms with E-state index in [1.165, 1.54) is 32.3 Å². The van der Waals surface area contributed by atoms with Gasteiger partial charge in [0.25, 0.3) is 0 Å². The number of aryl methyl sites for hydroxylation is 2. The van der Waals surface area contributed by atoms with E-state index in [0.717, 1.165) is 43.4 Å². The van der Waals surface area contributed by atoms with Gasteiger partial charge in [-0.15, -0.1) is 0 Å². The molecule has 0 aliphatic rings. The fourth-order valence-electron chi connectivity index (χ4n) is 7.95. The number of carboxylic acid groups (broad SMARTS) is 1. The Bertz CT molecular complexity index is 2810. The number of rotatable bonds is 18. The second-order valence-electron chi connectivity index (χ2n) is 14.7. The minimum absolute atomic E-state index is 0.0203. The maximum Gasteiger partial charge on any atom is 0.472 e. The molecule has 0 saturated carbocycles. The van der Waals surface area contributed by atoms with E-state index >= 15 is 0 Å². The van der Waals surface area contributed by atoms with Gasteiger partial charge in [-0.3, -0.25) is 23.4 Å². The van der Waals surface area contributed by atoms with Crippen LogP contribution in [0.2, 0.25) is 0 Å². The summed E-state index contributed by atoms with van der Waals surface area (Å²) in [6, 6.07) is 36.3. The molecule has 0 spiro atoms. The molecule has 0 aromatic heterocycles. The van der Waals surface area contributed by atoms with Crippen molar-refractivity contribution in [1.29, 1.82) is 0 Å². The number of carbonyl (C=O) groups excluding carboxylic acids is 2. The van der Waals surface area contributed by atoms with Crippen LogP contribution in [0, 0.1) is 0 Å². The van der Waals surface area contributed by atoms with Crippen molar-refractivity contribution in [2.45, 2.75) is 50.7 Å². The number of nitrogens with two attached hydrogens (primary N) is 1. The quantitative estimate of drug-likeness (QED) is 0.0430. The van der Waals surface area contributed by atoms with E-state index in [2.05, 4.69) is 103 Å². The molecular weight excluding hydrogens is 757 g/mol. The van der Waals surface area contributed by atoms with Gasteiger partial charge in [0.15, 0.2) is 6.10 Å². The first-order chi connectivity index (χ1) is 28.0. The Hall–Kier alpha value is -5.68. The van der Waals surface area contributed by atoms with Crippen molar-refractivity contribution in [3.63, 3.8) is 0 Å². The van der Waals surface area contributed by atoms with Gasteiger partial charge >= 0.3 is 25.7 Å². The lowest BCUT2D eigenvalue weighted by molar-refractivity contribution is -0.161. The Morgan fingerprint density at radius 2 is 1.00 bits per heavy atom. The van der Waals surface area contributed by atoms with Gasteiger partial charge in [-0.1, -0.05) is 109 Å². The molecular formula is C46H42NO10P. The van der Waals surface area contributed by atoms with Crippen molar-refractivity contribution in [2.75, 3.05) is 19.8 Å². The predicted octanol–water partition coefficient (Wildman–Crippen LogP) is 8.83. The molecule has 0 heterocycles. The smallest absolute Gasteiger partial charge is 0.472 e. The highest BCUT2D eigenvalue weighted by molar-refractivity contribution is 7.47. The molecule has 8 aromatic rings. The SMILES string of the molecule is N[C@@H](COP(=O)(O)OC[C@@H](COC(=O)CCCc1ccc2ccc3cccc4ccc1c2c34)OC(=O)CCCc1ccc2ccc3cccc4ccc1c2c34)C(=O)O. The predicted molar refractivity (Wildman–Crippen MR) is 224 cm³/mol. The third kappa shape index (κ3) is 8.32. The molecule has 0 aliphatic carbocycles. The van der Waals surface area contributed by atoms with Crippen LogP contribution in [0.4, 0.5) is 0 Å². The number of carbonyl (C=O) groups is 3. The Labute approximate surface area is 333 Å². The van der Waals surface area contributed by atoms with Crippen LogP contribution in [0.3, 0.4) is 0 Å². The Morgan fingerprint density at radius 3 is 1.50 bits per heavy atom. The van der Waals surface area contributed by atoms with Crippen molar-refractivity contribution < 1.29 is 47.5 Å². The summed E-state index contributed by atoms with van der Waals surface area (Å²) >= 11 is 0. The summed E-state index contributed by atoms with van der Waals surface area (Å²) in [5, 5.41) is 23.0. The summed E-state index contributed by atoms with van der Waals surface area (Å²) < 4.78 is 33.4. The van der Waals surface area contributed by atoms with Crippen molar-refractivity contribution >= 4 is 90.4 Å². The molecule has 11 nitrogen and oxygen atoms in total. The van der Waals surface area contributed by atoms with Crippen molar-refractivity contribution in [2.24, 2.45) is 5.73 Å². The third-order valence-electron chi connectivity index (χ3n) is 10.8. The van der Waals surface area contributed by atoms with Crippen LogP contribution in [0.25, 0.3) is 64.6 Å². The number of esters is 2. The van der Waals surface area contributed by atoms with Gasteiger partial charge in [-0.2, -0.15) is 0 Å². The zero-order chi connectivity index (χ0) is 40.4. The van der Waals surface area contributed by atoms with E-state index in [1.807, 2.05) is 6.07 Å². The minimum Gasteiger partial charge on any atom is -0.480 e. The van der Waals surface area contributed by atoms with E-state index < -0.39 is 57.7 Å². The summed E-state index contributed by atoms with van der Waals surface area (Å²) in [5.74, 6) is -2.58. The second kappa shape index (κ2) is 16.7. The summed E-state index contributed by atoms with van der Waals surface area (Å²) in [7, 11) is -4.81. The van der Waals surface area contributed by atoms with Crippen LogP contribution in [-0.2, 0) is 50.3 Å². The molecule has 3 atom stereocenters. The maximum absolute atomic E-state index is 13.1. The normalized spacial score (nSPS) is 14.1. The van der Waals surface area contributed by atoms with Crippen LogP contribution in [0.15, 0.2) is 109 Å². The van der Waals surface area contributed by atoms with E-state index in [0.29, 0.717) is 25.7 Å². The van der Waals surface area contributed by atoms with Crippen LogP contribution in [-0.4, -0.2) is 59.9 Å². The number of benzene rings is 8. The third-order valence-corrected chi connectivity index (χ3v) is 11.7. The molecule has 0 fully saturated rings. The van der Waals surface area contributed by atoms with Gasteiger partial charge in [-0.25, -0.2) is 4.57 Å². The largest absolute Gasteiger partial charge is 0.480 e. The number of phosphoric ester groups is 1. The van der Waals surface area contributed by atoms with Gasteiger partial charge in [-0.05, 0) is 101 Å². The Balaban J connectivity index is 0.888. The van der Waals surface area contributed by atoms with Crippen molar-refractivity contribution in [1.82, 2.24) is 0 Å². The number of hydrogen-bond donors (Lipinski definition) is 3. The molecule has 0 bridgehead atoms. The van der Waals surface area contributed by atoms with Crippen LogP contribution in [0.1, 0.15) is 36.8 Å². The molecule has 8 aromatic carbocycles. The van der Waals surface area contributed by atoms with Gasteiger partial charge in [0.05, 0.1) is 13.2 Å². The first-order valence-corrected chi connectivity index (χ1v) is 20.8. The van der Waals surface area contributed by atoms with Crippen LogP contribution in [0.5, 0.6) is 0 Å².